The van der Waals surface area contributed by atoms with Crippen LogP contribution in [0.4, 0.5) is 5.69 Å². The Labute approximate surface area is 116 Å². The maximum absolute atomic E-state index is 12.4. The molecule has 1 aromatic carbocycles. The van der Waals surface area contributed by atoms with E-state index in [1.54, 1.807) is 23.2 Å². The van der Waals surface area contributed by atoms with Crippen molar-refractivity contribution in [2.45, 2.75) is 6.54 Å². The molecule has 0 fully saturated rings. The fourth-order valence-corrected chi connectivity index (χ4v) is 2.25. The number of para-hydroxylation sites is 2. The van der Waals surface area contributed by atoms with E-state index in [9.17, 15) is 9.59 Å². The summed E-state index contributed by atoms with van der Waals surface area (Å²) >= 11 is 0. The molecule has 0 saturated carbocycles. The van der Waals surface area contributed by atoms with Gasteiger partial charge in [0.1, 0.15) is 18.9 Å². The lowest BCUT2D eigenvalue weighted by atomic mass is 10.2. The van der Waals surface area contributed by atoms with Gasteiger partial charge in [0.15, 0.2) is 0 Å². The van der Waals surface area contributed by atoms with Gasteiger partial charge in [-0.3, -0.25) is 9.59 Å². The molecule has 5 heteroatoms. The minimum atomic E-state index is -0.178. The summed E-state index contributed by atoms with van der Waals surface area (Å²) in [5, 5.41) is 0. The Morgan fingerprint density at radius 3 is 2.80 bits per heavy atom. The van der Waals surface area contributed by atoms with Gasteiger partial charge in [0.05, 0.1) is 12.2 Å². The highest BCUT2D eigenvalue weighted by Gasteiger charge is 2.23. The zero-order valence-electron chi connectivity index (χ0n) is 10.9. The van der Waals surface area contributed by atoms with Crippen LogP contribution in [0.1, 0.15) is 0 Å². The molecule has 1 amide bonds. The molecule has 0 saturated heterocycles. The van der Waals surface area contributed by atoms with E-state index in [0.717, 1.165) is 5.69 Å². The van der Waals surface area contributed by atoms with Gasteiger partial charge in [-0.15, -0.1) is 0 Å². The second kappa shape index (κ2) is 5.21. The second-order valence-corrected chi connectivity index (χ2v) is 4.53. The molecule has 2 aromatic rings. The van der Waals surface area contributed by atoms with Crippen LogP contribution in [0.5, 0.6) is 5.75 Å². The van der Waals surface area contributed by atoms with Crippen LogP contribution in [-0.2, 0) is 11.3 Å². The fourth-order valence-electron chi connectivity index (χ4n) is 2.25. The van der Waals surface area contributed by atoms with Gasteiger partial charge in [0, 0.05) is 12.3 Å². The van der Waals surface area contributed by atoms with Gasteiger partial charge >= 0.3 is 0 Å². The maximum Gasteiger partial charge on any atom is 0.250 e. The van der Waals surface area contributed by atoms with Crippen molar-refractivity contribution in [2.24, 2.45) is 0 Å². The average molecular weight is 270 g/mol. The van der Waals surface area contributed by atoms with Crippen molar-refractivity contribution in [3.8, 4) is 5.75 Å². The number of hydrogen-bond acceptors (Lipinski definition) is 3. The van der Waals surface area contributed by atoms with Crippen molar-refractivity contribution in [2.75, 3.05) is 18.1 Å². The predicted octanol–water partition coefficient (Wildman–Crippen LogP) is 1.27. The van der Waals surface area contributed by atoms with Gasteiger partial charge < -0.3 is 14.2 Å². The number of carbonyl (C=O) groups is 1. The number of nitrogens with zero attached hydrogens (tertiary/aromatic N) is 2. The Morgan fingerprint density at radius 1 is 1.15 bits per heavy atom. The number of carbonyl (C=O) groups excluding carboxylic acids is 1. The lowest BCUT2D eigenvalue weighted by molar-refractivity contribution is -0.119. The highest BCUT2D eigenvalue weighted by Crippen LogP contribution is 2.30. The smallest absolute Gasteiger partial charge is 0.250 e. The van der Waals surface area contributed by atoms with Crippen molar-refractivity contribution in [3.63, 3.8) is 0 Å². The van der Waals surface area contributed by atoms with Crippen LogP contribution in [0.15, 0.2) is 53.5 Å². The van der Waals surface area contributed by atoms with E-state index in [-0.39, 0.29) is 18.0 Å². The normalized spacial score (nSPS) is 13.5. The molecule has 0 radical (unpaired) electrons. The number of anilines is 1. The quantitative estimate of drug-likeness (QED) is 0.826. The van der Waals surface area contributed by atoms with Gasteiger partial charge in [-0.2, -0.15) is 0 Å². The summed E-state index contributed by atoms with van der Waals surface area (Å²) in [6.45, 7) is 0.998. The summed E-state index contributed by atoms with van der Waals surface area (Å²) in [7, 11) is 0. The summed E-state index contributed by atoms with van der Waals surface area (Å²) in [5.74, 6) is 0.585. The van der Waals surface area contributed by atoms with Crippen LogP contribution in [0, 0.1) is 0 Å². The van der Waals surface area contributed by atoms with Crippen molar-refractivity contribution < 1.29 is 9.53 Å². The van der Waals surface area contributed by atoms with Crippen LogP contribution in [0.3, 0.4) is 0 Å². The van der Waals surface area contributed by atoms with Gasteiger partial charge in [0.25, 0.3) is 5.56 Å². The Bertz CT molecular complexity index is 693. The number of fused-ring (bicyclic) bond motifs is 1. The molecule has 1 aromatic heterocycles. The van der Waals surface area contributed by atoms with E-state index in [4.69, 9.17) is 4.74 Å². The third-order valence-electron chi connectivity index (χ3n) is 3.23. The van der Waals surface area contributed by atoms with Gasteiger partial charge in [-0.05, 0) is 18.2 Å². The fraction of sp³-hybridized carbons (Fsp3) is 0.200. The van der Waals surface area contributed by atoms with Crippen LogP contribution >= 0.6 is 0 Å². The first-order valence-corrected chi connectivity index (χ1v) is 6.43. The summed E-state index contributed by atoms with van der Waals surface area (Å²) in [5.41, 5.74) is 0.579. The molecule has 102 valence electrons. The van der Waals surface area contributed by atoms with E-state index >= 15 is 0 Å². The Balaban J connectivity index is 1.86. The number of benzene rings is 1. The number of hydrogen-bond donors (Lipinski definition) is 0. The number of pyridine rings is 1. The van der Waals surface area contributed by atoms with E-state index < -0.39 is 0 Å². The minimum absolute atomic E-state index is 0.0357. The summed E-state index contributed by atoms with van der Waals surface area (Å²) in [4.78, 5) is 25.7. The van der Waals surface area contributed by atoms with E-state index in [1.165, 1.54) is 10.6 Å². The molecule has 3 rings (SSSR count). The van der Waals surface area contributed by atoms with Crippen LogP contribution in [0.25, 0.3) is 0 Å². The SMILES string of the molecule is O=C(Cn1ccccc1=O)N1CCOc2ccccc21. The second-order valence-electron chi connectivity index (χ2n) is 4.53. The first kappa shape index (κ1) is 12.5. The largest absolute Gasteiger partial charge is 0.490 e. The molecule has 0 spiro atoms. The Hall–Kier alpha value is -2.56. The lowest BCUT2D eigenvalue weighted by Crippen LogP contribution is -2.41. The lowest BCUT2D eigenvalue weighted by Gasteiger charge is -2.29. The van der Waals surface area contributed by atoms with Crippen LogP contribution < -0.4 is 15.2 Å². The van der Waals surface area contributed by atoms with E-state index in [2.05, 4.69) is 0 Å². The minimum Gasteiger partial charge on any atom is -0.490 e. The van der Waals surface area contributed by atoms with Crippen molar-refractivity contribution in [1.82, 2.24) is 4.57 Å². The topological polar surface area (TPSA) is 51.5 Å². The molecular weight excluding hydrogens is 256 g/mol. The first-order chi connectivity index (χ1) is 9.75. The standard InChI is InChI=1S/C15H14N2O3/c18-14-7-3-4-8-16(14)11-15(19)17-9-10-20-13-6-2-1-5-12(13)17/h1-8H,9-11H2. The Morgan fingerprint density at radius 2 is 1.95 bits per heavy atom. The molecule has 20 heavy (non-hydrogen) atoms. The van der Waals surface area contributed by atoms with E-state index in [0.29, 0.717) is 18.9 Å². The number of aromatic nitrogens is 1. The van der Waals surface area contributed by atoms with Crippen molar-refractivity contribution >= 4 is 11.6 Å². The van der Waals surface area contributed by atoms with Gasteiger partial charge in [-0.1, -0.05) is 18.2 Å². The molecule has 0 unspecified atom stereocenters. The highest BCUT2D eigenvalue weighted by molar-refractivity contribution is 5.95. The predicted molar refractivity (Wildman–Crippen MR) is 75.0 cm³/mol. The number of amides is 1. The molecule has 0 N–H and O–H groups in total. The third-order valence-corrected chi connectivity index (χ3v) is 3.23. The molecular formula is C15H14N2O3. The molecule has 0 bridgehead atoms. The molecule has 1 aliphatic rings. The zero-order chi connectivity index (χ0) is 13.9. The van der Waals surface area contributed by atoms with Gasteiger partial charge in [0.2, 0.25) is 5.91 Å². The monoisotopic (exact) mass is 270 g/mol. The third kappa shape index (κ3) is 2.30. The highest BCUT2D eigenvalue weighted by atomic mass is 16.5. The molecule has 0 aliphatic carbocycles. The summed E-state index contributed by atoms with van der Waals surface area (Å²) < 4.78 is 6.92. The van der Waals surface area contributed by atoms with Crippen molar-refractivity contribution in [3.05, 3.63) is 59.0 Å². The molecule has 0 atom stereocenters. The van der Waals surface area contributed by atoms with Gasteiger partial charge in [-0.25, -0.2) is 0 Å². The molecule has 5 nitrogen and oxygen atoms in total. The van der Waals surface area contributed by atoms with Crippen molar-refractivity contribution in [1.29, 1.82) is 0 Å². The average Bonchev–Trinajstić information content (AvgIpc) is 2.49. The first-order valence-electron chi connectivity index (χ1n) is 6.43. The number of ether oxygens (including phenoxy) is 1. The molecule has 2 heterocycles. The van der Waals surface area contributed by atoms with Crippen LogP contribution in [0.2, 0.25) is 0 Å². The van der Waals surface area contributed by atoms with E-state index in [1.807, 2.05) is 24.3 Å². The zero-order valence-corrected chi connectivity index (χ0v) is 10.9. The van der Waals surface area contributed by atoms with Crippen LogP contribution in [-0.4, -0.2) is 23.6 Å². The maximum atomic E-state index is 12.4. The Kier molecular flexibility index (Phi) is 3.25. The number of rotatable bonds is 2. The summed E-state index contributed by atoms with van der Waals surface area (Å²) in [6.07, 6.45) is 1.62. The summed E-state index contributed by atoms with van der Waals surface area (Å²) in [6, 6.07) is 12.3. The molecule has 1 aliphatic heterocycles.